The molecule has 3 fully saturated rings. The second kappa shape index (κ2) is 27.7. The Labute approximate surface area is 423 Å². The Morgan fingerprint density at radius 3 is 1.24 bits per heavy atom. The van der Waals surface area contributed by atoms with Gasteiger partial charge in [0, 0.05) is 0 Å². The molecule has 4 bridgehead atoms. The van der Waals surface area contributed by atoms with Crippen LogP contribution in [0.1, 0.15) is 33.4 Å². The highest BCUT2D eigenvalue weighted by Gasteiger charge is 2.62. The van der Waals surface area contributed by atoms with Gasteiger partial charge in [0.1, 0.15) is 56.1 Å². The Morgan fingerprint density at radius 1 is 0.361 bits per heavy atom. The van der Waals surface area contributed by atoms with Gasteiger partial charge < -0.3 is 61.6 Å². The molecule has 13 nitrogen and oxygen atoms in total. The predicted octanol–water partition coefficient (Wildman–Crippen LogP) is 9.00. The van der Waals surface area contributed by atoms with Gasteiger partial charge in [0.05, 0.1) is 79.3 Å². The fourth-order valence-electron chi connectivity index (χ4n) is 9.04. The molecule has 13 heteroatoms. The van der Waals surface area contributed by atoms with Crippen molar-refractivity contribution in [2.24, 2.45) is 0 Å². The molecule has 3 aliphatic heterocycles. The van der Waals surface area contributed by atoms with Crippen LogP contribution in [0, 0.1) is 0 Å². The van der Waals surface area contributed by atoms with Crippen LogP contribution in [0.4, 0.5) is 0 Å². The number of hydrogen-bond donors (Lipinski definition) is 0. The Balaban J connectivity index is 1.12. The van der Waals surface area contributed by atoms with Crippen LogP contribution in [-0.2, 0) is 101 Å². The molecule has 3 heterocycles. The van der Waals surface area contributed by atoms with Crippen LogP contribution in [0.2, 0.25) is 0 Å². The molecule has 72 heavy (non-hydrogen) atoms. The average Bonchev–Trinajstić information content (AvgIpc) is 3.71. The van der Waals surface area contributed by atoms with Crippen LogP contribution in [0.25, 0.3) is 0 Å². The first-order valence-corrected chi connectivity index (χ1v) is 24.9. The molecule has 3 aliphatic rings. The summed E-state index contributed by atoms with van der Waals surface area (Å²) >= 11 is 0. The van der Waals surface area contributed by atoms with Gasteiger partial charge in [-0.2, -0.15) is 0 Å². The molecule has 0 radical (unpaired) electrons. The van der Waals surface area contributed by atoms with E-state index < -0.39 is 54.8 Å². The third-order valence-electron chi connectivity index (χ3n) is 12.7. The largest absolute Gasteiger partial charge is 0.377 e. The van der Waals surface area contributed by atoms with Gasteiger partial charge in [-0.15, -0.1) is 0 Å². The fourth-order valence-corrected chi connectivity index (χ4v) is 9.04. The maximum Gasteiger partial charge on any atom is 0.224 e. The monoisotopic (exact) mass is 982 g/mol. The van der Waals surface area contributed by atoms with Crippen LogP contribution >= 0.6 is 0 Å². The van der Waals surface area contributed by atoms with E-state index in [4.69, 9.17) is 61.6 Å². The molecule has 0 aliphatic carbocycles. The Hall–Kier alpha value is -5.20. The Kier molecular flexibility index (Phi) is 19.9. The van der Waals surface area contributed by atoms with E-state index in [2.05, 4.69) is 0 Å². The molecule has 0 spiro atoms. The summed E-state index contributed by atoms with van der Waals surface area (Å²) in [6, 6.07) is 59.9. The second-order valence-corrected chi connectivity index (χ2v) is 18.0. The lowest BCUT2D eigenvalue weighted by Gasteiger charge is -2.48. The van der Waals surface area contributed by atoms with Crippen LogP contribution < -0.4 is 0 Å². The van der Waals surface area contributed by atoms with Gasteiger partial charge in [0.2, 0.25) is 5.79 Å². The second-order valence-electron chi connectivity index (χ2n) is 18.0. The van der Waals surface area contributed by atoms with Gasteiger partial charge in [0.25, 0.3) is 0 Å². The molecule has 0 saturated carbocycles. The first kappa shape index (κ1) is 51.7. The molecule has 0 unspecified atom stereocenters. The summed E-state index contributed by atoms with van der Waals surface area (Å²) in [7, 11) is 0. The predicted molar refractivity (Wildman–Crippen MR) is 267 cm³/mol. The van der Waals surface area contributed by atoms with E-state index in [9.17, 15) is 0 Å². The maximum atomic E-state index is 7.52. The SMILES string of the molecule is c1ccc(COCOC[C@@]23O[C@H]4O[C@H](COCCOCCOC[C@@H](O2)[C@@H](OCc2ccccc2)[C@@H]3OCc2ccccc2)[C@H](OCc2ccccc2)[C@H](OCc2ccccc2)[C@H]4OCc2ccccc2)cc1. The summed E-state index contributed by atoms with van der Waals surface area (Å²) in [6.07, 6.45) is -6.70. The van der Waals surface area contributed by atoms with Crippen LogP contribution in [0.3, 0.4) is 0 Å². The molecule has 9 rings (SSSR count). The van der Waals surface area contributed by atoms with Crippen LogP contribution in [0.15, 0.2) is 182 Å². The molecular formula is C59H66O13. The van der Waals surface area contributed by atoms with E-state index >= 15 is 0 Å². The lowest BCUT2D eigenvalue weighted by Crippen LogP contribution is -2.65. The summed E-state index contributed by atoms with van der Waals surface area (Å²) in [5, 5.41) is 0. The number of rotatable bonds is 21. The summed E-state index contributed by atoms with van der Waals surface area (Å²) in [5.74, 6) is -1.72. The zero-order valence-electron chi connectivity index (χ0n) is 40.6. The molecule has 380 valence electrons. The minimum atomic E-state index is -1.72. The lowest BCUT2D eigenvalue weighted by atomic mass is 9.97. The minimum absolute atomic E-state index is 0.0864. The molecule has 0 amide bonds. The Bertz CT molecular complexity index is 2390. The third-order valence-corrected chi connectivity index (χ3v) is 12.7. The van der Waals surface area contributed by atoms with Gasteiger partial charge in [-0.1, -0.05) is 182 Å². The van der Waals surface area contributed by atoms with Gasteiger partial charge in [-0.05, 0) is 33.4 Å². The highest BCUT2D eigenvalue weighted by molar-refractivity contribution is 5.18. The van der Waals surface area contributed by atoms with E-state index in [1.807, 2.05) is 182 Å². The molecule has 9 atom stereocenters. The molecule has 0 N–H and O–H groups in total. The number of hydrogen-bond acceptors (Lipinski definition) is 13. The van der Waals surface area contributed by atoms with E-state index in [-0.39, 0.29) is 59.6 Å². The van der Waals surface area contributed by atoms with Gasteiger partial charge in [-0.25, -0.2) is 0 Å². The number of ether oxygens (including phenoxy) is 13. The zero-order chi connectivity index (χ0) is 48.9. The lowest BCUT2D eigenvalue weighted by molar-refractivity contribution is -0.400. The van der Waals surface area contributed by atoms with E-state index in [0.29, 0.717) is 33.0 Å². The van der Waals surface area contributed by atoms with Crippen molar-refractivity contribution in [1.82, 2.24) is 0 Å². The normalized spacial score (nSPS) is 26.0. The third kappa shape index (κ3) is 15.0. The summed E-state index contributed by atoms with van der Waals surface area (Å²) in [6.45, 7) is 2.79. The van der Waals surface area contributed by atoms with Crippen molar-refractivity contribution in [1.29, 1.82) is 0 Å². The van der Waals surface area contributed by atoms with Crippen LogP contribution in [0.5, 0.6) is 0 Å². The van der Waals surface area contributed by atoms with E-state index in [1.165, 1.54) is 0 Å². The smallest absolute Gasteiger partial charge is 0.224 e. The molecule has 0 aromatic heterocycles. The number of fused-ring (bicyclic) bond motifs is 4. The highest BCUT2D eigenvalue weighted by atomic mass is 16.8. The molecular weight excluding hydrogens is 917 g/mol. The first-order valence-electron chi connectivity index (χ1n) is 24.9. The molecule has 6 aromatic carbocycles. The van der Waals surface area contributed by atoms with Gasteiger partial charge >= 0.3 is 0 Å². The minimum Gasteiger partial charge on any atom is -0.377 e. The van der Waals surface area contributed by atoms with Crippen molar-refractivity contribution in [2.45, 2.75) is 94.4 Å². The van der Waals surface area contributed by atoms with Crippen molar-refractivity contribution in [3.05, 3.63) is 215 Å². The van der Waals surface area contributed by atoms with Crippen LogP contribution in [-0.4, -0.2) is 108 Å². The van der Waals surface area contributed by atoms with E-state index in [1.54, 1.807) is 0 Å². The summed E-state index contributed by atoms with van der Waals surface area (Å²) in [4.78, 5) is 0. The fraction of sp³-hybridized carbons (Fsp3) is 0.390. The van der Waals surface area contributed by atoms with Gasteiger partial charge in [-0.3, -0.25) is 0 Å². The average molecular weight is 983 g/mol. The summed E-state index contributed by atoms with van der Waals surface area (Å²) < 4.78 is 88.3. The van der Waals surface area contributed by atoms with Gasteiger partial charge in [0.15, 0.2) is 6.29 Å². The topological polar surface area (TPSA) is 120 Å². The molecule has 6 aromatic rings. The highest BCUT2D eigenvalue weighted by Crippen LogP contribution is 2.42. The Morgan fingerprint density at radius 2 is 0.750 bits per heavy atom. The quantitative estimate of drug-likeness (QED) is 0.0505. The maximum absolute atomic E-state index is 7.52. The first-order chi connectivity index (χ1) is 35.7. The number of benzene rings is 6. The van der Waals surface area contributed by atoms with Crippen molar-refractivity contribution >= 4 is 0 Å². The van der Waals surface area contributed by atoms with Crippen molar-refractivity contribution < 1.29 is 61.6 Å². The van der Waals surface area contributed by atoms with Crippen molar-refractivity contribution in [3.8, 4) is 0 Å². The molecule has 3 saturated heterocycles. The van der Waals surface area contributed by atoms with Crippen molar-refractivity contribution in [3.63, 3.8) is 0 Å². The van der Waals surface area contributed by atoms with Crippen molar-refractivity contribution in [2.75, 3.05) is 53.0 Å². The van der Waals surface area contributed by atoms with E-state index in [0.717, 1.165) is 33.4 Å². The zero-order valence-corrected chi connectivity index (χ0v) is 40.6. The standard InChI is InChI=1S/C59H66O13/c1-7-19-45(20-8-1)35-63-44-64-43-59-57(69-40-50-29-17-6-18-30-50)54(66-37-47-23-11-3-12-24-47)52(71-59)42-62-34-32-60-31-33-61-41-51-53(65-36-46-21-9-2-10-22-46)55(67-38-48-25-13-4-14-26-48)56(58(70-51)72-59)68-39-49-27-15-5-16-28-49/h1-30,51-58H,31-44H2/t51-,52-,53+,54-,55+,56-,57+,58-,59+/m1/s1. The summed E-state index contributed by atoms with van der Waals surface area (Å²) in [5.41, 5.74) is 5.83.